The molecule has 3 fully saturated rings. The maximum absolute atomic E-state index is 12.8. The van der Waals surface area contributed by atoms with E-state index < -0.39 is 6.09 Å². The number of hydrogen-bond donors (Lipinski definition) is 3. The van der Waals surface area contributed by atoms with E-state index in [1.54, 1.807) is 4.68 Å². The summed E-state index contributed by atoms with van der Waals surface area (Å²) in [4.78, 5) is 24.1. The number of piperidine rings is 1. The van der Waals surface area contributed by atoms with E-state index in [4.69, 9.17) is 4.74 Å². The number of hydrogen-bond acceptors (Lipinski definition) is 7. The standard InChI is InChI=1S/C16H24N6O3S/c23-15(18-11-3-6-26-9-11)13-14(10-1-4-17-5-2-10)22(21-20-13)7-12-8-25-16(24)19-12/h10-12,17H,1-9H2,(H,18,23)(H,19,24). The van der Waals surface area contributed by atoms with Gasteiger partial charge in [-0.15, -0.1) is 5.10 Å². The van der Waals surface area contributed by atoms with Crippen molar-refractivity contribution in [2.75, 3.05) is 31.2 Å². The molecule has 0 radical (unpaired) electrons. The number of carbonyl (C=O) groups excluding carboxylic acids is 2. The Bertz CT molecular complexity index is 669. The van der Waals surface area contributed by atoms with Gasteiger partial charge in [0.2, 0.25) is 0 Å². The monoisotopic (exact) mass is 380 g/mol. The summed E-state index contributed by atoms with van der Waals surface area (Å²) < 4.78 is 6.75. The molecule has 1 aromatic heterocycles. The quantitative estimate of drug-likeness (QED) is 0.664. The van der Waals surface area contributed by atoms with Crippen molar-refractivity contribution in [3.8, 4) is 0 Å². The zero-order valence-corrected chi connectivity index (χ0v) is 15.4. The molecule has 0 saturated carbocycles. The van der Waals surface area contributed by atoms with Crippen LogP contribution < -0.4 is 16.0 Å². The molecule has 0 aromatic carbocycles. The first-order valence-electron chi connectivity index (χ1n) is 9.16. The molecule has 3 aliphatic rings. The van der Waals surface area contributed by atoms with Crippen molar-refractivity contribution in [3.05, 3.63) is 11.4 Å². The minimum atomic E-state index is -0.407. The van der Waals surface area contributed by atoms with Gasteiger partial charge in [0, 0.05) is 17.7 Å². The molecule has 9 nitrogen and oxygen atoms in total. The molecular formula is C16H24N6O3S. The first-order chi connectivity index (χ1) is 12.7. The number of rotatable bonds is 5. The van der Waals surface area contributed by atoms with Crippen molar-refractivity contribution in [2.24, 2.45) is 0 Å². The van der Waals surface area contributed by atoms with Crippen LogP contribution in [0.5, 0.6) is 0 Å². The number of nitrogens with one attached hydrogen (secondary N) is 3. The lowest BCUT2D eigenvalue weighted by Gasteiger charge is -2.24. The second-order valence-corrected chi connectivity index (χ2v) is 8.15. The molecular weight excluding hydrogens is 356 g/mol. The van der Waals surface area contributed by atoms with Crippen molar-refractivity contribution in [1.29, 1.82) is 0 Å². The molecule has 3 N–H and O–H groups in total. The molecule has 3 aliphatic heterocycles. The summed E-state index contributed by atoms with van der Waals surface area (Å²) in [6.45, 7) is 2.61. The van der Waals surface area contributed by atoms with Gasteiger partial charge in [0.25, 0.3) is 5.91 Å². The molecule has 2 amide bonds. The van der Waals surface area contributed by atoms with E-state index in [1.165, 1.54) is 0 Å². The molecule has 4 rings (SSSR count). The van der Waals surface area contributed by atoms with Crippen LogP contribution in [0.1, 0.15) is 41.4 Å². The lowest BCUT2D eigenvalue weighted by molar-refractivity contribution is 0.0934. The smallest absolute Gasteiger partial charge is 0.407 e. The van der Waals surface area contributed by atoms with E-state index in [2.05, 4.69) is 26.3 Å². The fourth-order valence-electron chi connectivity index (χ4n) is 3.75. The van der Waals surface area contributed by atoms with Crippen molar-refractivity contribution in [2.45, 2.75) is 43.8 Å². The highest BCUT2D eigenvalue weighted by molar-refractivity contribution is 7.99. The maximum Gasteiger partial charge on any atom is 0.407 e. The summed E-state index contributed by atoms with van der Waals surface area (Å²) in [5.74, 6) is 2.14. The summed E-state index contributed by atoms with van der Waals surface area (Å²) in [5.41, 5.74) is 1.31. The third kappa shape index (κ3) is 3.80. The lowest BCUT2D eigenvalue weighted by atomic mass is 9.92. The van der Waals surface area contributed by atoms with Gasteiger partial charge in [-0.3, -0.25) is 4.79 Å². The van der Waals surface area contributed by atoms with E-state index >= 15 is 0 Å². The third-order valence-electron chi connectivity index (χ3n) is 5.11. The van der Waals surface area contributed by atoms with Crippen LogP contribution in [0.4, 0.5) is 4.79 Å². The van der Waals surface area contributed by atoms with Crippen LogP contribution >= 0.6 is 11.8 Å². The fraction of sp³-hybridized carbons (Fsp3) is 0.750. The van der Waals surface area contributed by atoms with Gasteiger partial charge in [-0.25, -0.2) is 9.48 Å². The molecule has 26 heavy (non-hydrogen) atoms. The Morgan fingerprint density at radius 2 is 2.19 bits per heavy atom. The number of carbonyl (C=O) groups is 2. The molecule has 142 valence electrons. The number of thioether (sulfide) groups is 1. The number of nitrogens with zero attached hydrogens (tertiary/aromatic N) is 3. The largest absolute Gasteiger partial charge is 0.447 e. The minimum absolute atomic E-state index is 0.135. The Morgan fingerprint density at radius 3 is 2.88 bits per heavy atom. The van der Waals surface area contributed by atoms with Crippen LogP contribution in [0, 0.1) is 0 Å². The Kier molecular flexibility index (Phi) is 5.30. The number of ether oxygens (including phenoxy) is 1. The summed E-state index contributed by atoms with van der Waals surface area (Å²) in [6.07, 6.45) is 2.48. The van der Waals surface area contributed by atoms with E-state index in [-0.39, 0.29) is 23.9 Å². The average molecular weight is 380 g/mol. The highest BCUT2D eigenvalue weighted by atomic mass is 32.2. The van der Waals surface area contributed by atoms with Gasteiger partial charge in [0.1, 0.15) is 6.61 Å². The Hall–Kier alpha value is -1.81. The number of amides is 2. The van der Waals surface area contributed by atoms with E-state index in [0.717, 1.165) is 49.6 Å². The van der Waals surface area contributed by atoms with Crippen LogP contribution in [-0.2, 0) is 11.3 Å². The summed E-state index contributed by atoms with van der Waals surface area (Å²) in [5, 5.41) is 17.7. The van der Waals surface area contributed by atoms with Gasteiger partial charge in [0.05, 0.1) is 18.3 Å². The van der Waals surface area contributed by atoms with E-state index in [0.29, 0.717) is 18.8 Å². The van der Waals surface area contributed by atoms with Crippen LogP contribution in [0.2, 0.25) is 0 Å². The second-order valence-electron chi connectivity index (χ2n) is 7.00. The van der Waals surface area contributed by atoms with Gasteiger partial charge in [-0.1, -0.05) is 5.21 Å². The highest BCUT2D eigenvalue weighted by Gasteiger charge is 2.31. The lowest BCUT2D eigenvalue weighted by Crippen LogP contribution is -2.37. The zero-order chi connectivity index (χ0) is 17.9. The molecule has 1 aromatic rings. The van der Waals surface area contributed by atoms with Crippen molar-refractivity contribution in [1.82, 2.24) is 30.9 Å². The third-order valence-corrected chi connectivity index (χ3v) is 6.27. The van der Waals surface area contributed by atoms with Gasteiger partial charge >= 0.3 is 6.09 Å². The van der Waals surface area contributed by atoms with Crippen LogP contribution in [0.25, 0.3) is 0 Å². The second kappa shape index (κ2) is 7.83. The SMILES string of the molecule is O=C1NC(Cn2nnc(C(=O)NC3CCSC3)c2C2CCNCC2)CO1. The van der Waals surface area contributed by atoms with Gasteiger partial charge in [0.15, 0.2) is 5.69 Å². The molecule has 4 heterocycles. The normalized spacial score (nSPS) is 26.5. The fourth-order valence-corrected chi connectivity index (χ4v) is 4.90. The average Bonchev–Trinajstić information content (AvgIpc) is 3.38. The first kappa shape index (κ1) is 17.6. The number of cyclic esters (lactones) is 1. The predicted molar refractivity (Wildman–Crippen MR) is 96.3 cm³/mol. The Balaban J connectivity index is 1.55. The summed E-state index contributed by atoms with van der Waals surface area (Å²) in [6, 6.07) is 0.0628. The first-order valence-corrected chi connectivity index (χ1v) is 10.3. The van der Waals surface area contributed by atoms with Gasteiger partial charge < -0.3 is 20.7 Å². The van der Waals surface area contributed by atoms with Crippen LogP contribution in [-0.4, -0.2) is 70.3 Å². The van der Waals surface area contributed by atoms with Gasteiger partial charge in [-0.05, 0) is 38.1 Å². The number of alkyl carbamates (subject to hydrolysis) is 1. The van der Waals surface area contributed by atoms with Crippen molar-refractivity contribution >= 4 is 23.8 Å². The zero-order valence-electron chi connectivity index (χ0n) is 14.6. The maximum atomic E-state index is 12.8. The van der Waals surface area contributed by atoms with E-state index in [9.17, 15) is 9.59 Å². The minimum Gasteiger partial charge on any atom is -0.447 e. The van der Waals surface area contributed by atoms with Crippen molar-refractivity contribution in [3.63, 3.8) is 0 Å². The molecule has 2 unspecified atom stereocenters. The number of aromatic nitrogens is 3. The molecule has 3 saturated heterocycles. The summed E-state index contributed by atoms with van der Waals surface area (Å²) >= 11 is 1.86. The Labute approximate surface area is 156 Å². The summed E-state index contributed by atoms with van der Waals surface area (Å²) in [7, 11) is 0. The topological polar surface area (TPSA) is 110 Å². The molecule has 0 spiro atoms. The van der Waals surface area contributed by atoms with Gasteiger partial charge in [-0.2, -0.15) is 11.8 Å². The predicted octanol–water partition coefficient (Wildman–Crippen LogP) is 0.0888. The van der Waals surface area contributed by atoms with Crippen LogP contribution in [0.3, 0.4) is 0 Å². The Morgan fingerprint density at radius 1 is 1.35 bits per heavy atom. The van der Waals surface area contributed by atoms with E-state index in [1.807, 2.05) is 11.8 Å². The highest BCUT2D eigenvalue weighted by Crippen LogP contribution is 2.28. The van der Waals surface area contributed by atoms with Crippen LogP contribution in [0.15, 0.2) is 0 Å². The molecule has 2 atom stereocenters. The molecule has 0 aliphatic carbocycles. The molecule has 10 heteroatoms. The molecule has 0 bridgehead atoms. The van der Waals surface area contributed by atoms with Crippen molar-refractivity contribution < 1.29 is 14.3 Å².